The number of para-hydroxylation sites is 1. The molecule has 28 heavy (non-hydrogen) atoms. The maximum atomic E-state index is 12.4. The molecule has 1 aliphatic rings. The van der Waals surface area contributed by atoms with Gasteiger partial charge in [0, 0.05) is 20.1 Å². The first kappa shape index (κ1) is 19.5. The van der Waals surface area contributed by atoms with Gasteiger partial charge in [-0.2, -0.15) is 0 Å². The summed E-state index contributed by atoms with van der Waals surface area (Å²) in [4.78, 5) is 38.3. The lowest BCUT2D eigenvalue weighted by Crippen LogP contribution is -2.31. The van der Waals surface area contributed by atoms with Gasteiger partial charge in [0.25, 0.3) is 17.0 Å². The summed E-state index contributed by atoms with van der Waals surface area (Å²) in [6.45, 7) is 2.10. The molecule has 150 valence electrons. The Bertz CT molecular complexity index is 995. The van der Waals surface area contributed by atoms with Gasteiger partial charge in [-0.05, 0) is 30.9 Å². The number of nitrogens with one attached hydrogen (secondary N) is 4. The normalized spacial score (nSPS) is 18.7. The Morgan fingerprint density at radius 1 is 1.14 bits per heavy atom. The molecule has 9 heteroatoms. The molecule has 0 saturated heterocycles. The van der Waals surface area contributed by atoms with Crippen molar-refractivity contribution in [3.8, 4) is 5.75 Å². The monoisotopic (exact) mass is 387 g/mol. The number of H-pyrrole nitrogens is 2. The molecular weight excluding hydrogens is 362 g/mol. The smallest absolute Gasteiger partial charge is 0.288 e. The molecule has 1 aliphatic carbocycles. The molecular formula is C19H25N5O4. The number of benzene rings is 1. The lowest BCUT2D eigenvalue weighted by Gasteiger charge is -2.20. The minimum atomic E-state index is -0.545. The molecule has 9 nitrogen and oxygen atoms in total. The van der Waals surface area contributed by atoms with Crippen LogP contribution in [0.15, 0.2) is 27.8 Å². The molecule has 1 aromatic carbocycles. The third kappa shape index (κ3) is 3.73. The predicted octanol–water partition coefficient (Wildman–Crippen LogP) is 1.81. The number of phenolic OH excluding ortho intramolecular Hbond substituents is 1. The number of phenols is 1. The quantitative estimate of drug-likeness (QED) is 0.498. The average molecular weight is 387 g/mol. The fourth-order valence-electron chi connectivity index (χ4n) is 3.46. The molecule has 2 atom stereocenters. The van der Waals surface area contributed by atoms with Crippen LogP contribution in [0, 0.1) is 5.92 Å². The van der Waals surface area contributed by atoms with E-state index in [1.54, 1.807) is 20.2 Å². The van der Waals surface area contributed by atoms with E-state index in [0.717, 1.165) is 19.3 Å². The van der Waals surface area contributed by atoms with Crippen LogP contribution in [0.1, 0.15) is 36.5 Å². The SMILES string of the molecule is C[C@H]1CCC[C@@H]1Nc1c(Nc2cccc(C(=O)N(C)C)c2O)c(=O)[nH][nH]c1=O. The summed E-state index contributed by atoms with van der Waals surface area (Å²) in [5.74, 6) is -0.291. The number of anilines is 3. The number of hydrogen-bond donors (Lipinski definition) is 5. The Labute approximate surface area is 161 Å². The van der Waals surface area contributed by atoms with E-state index in [1.165, 1.54) is 17.0 Å². The molecule has 1 fully saturated rings. The maximum absolute atomic E-state index is 12.4. The fourth-order valence-corrected chi connectivity index (χ4v) is 3.46. The number of hydrogen-bond acceptors (Lipinski definition) is 6. The number of aromatic amines is 2. The Morgan fingerprint density at radius 2 is 1.82 bits per heavy atom. The Morgan fingerprint density at radius 3 is 2.43 bits per heavy atom. The highest BCUT2D eigenvalue weighted by molar-refractivity contribution is 5.98. The van der Waals surface area contributed by atoms with Crippen LogP contribution < -0.4 is 21.8 Å². The van der Waals surface area contributed by atoms with Gasteiger partial charge in [-0.25, -0.2) is 0 Å². The van der Waals surface area contributed by atoms with Crippen LogP contribution in [0.3, 0.4) is 0 Å². The third-order valence-corrected chi connectivity index (χ3v) is 5.12. The van der Waals surface area contributed by atoms with Gasteiger partial charge in [0.15, 0.2) is 5.75 Å². The molecule has 1 heterocycles. The first-order valence-corrected chi connectivity index (χ1v) is 9.21. The molecule has 2 aromatic rings. The van der Waals surface area contributed by atoms with E-state index in [1.807, 2.05) is 0 Å². The molecule has 3 rings (SSSR count). The number of rotatable bonds is 5. The van der Waals surface area contributed by atoms with Crippen molar-refractivity contribution in [2.45, 2.75) is 32.2 Å². The van der Waals surface area contributed by atoms with E-state index >= 15 is 0 Å². The standard InChI is InChI=1S/C19H25N5O4/c1-10-6-4-8-12(10)20-14-15(18(27)23-22-17(14)26)21-13-9-5-7-11(16(13)25)19(28)24(2)3/h5,7,9-10,12,25H,4,6,8H2,1-3H3,(H2,20,23,27)(H2,21,22,26)/t10-,12-/m0/s1. The van der Waals surface area contributed by atoms with Gasteiger partial charge >= 0.3 is 0 Å². The zero-order valence-electron chi connectivity index (χ0n) is 16.1. The van der Waals surface area contributed by atoms with Crippen molar-refractivity contribution < 1.29 is 9.90 Å². The summed E-state index contributed by atoms with van der Waals surface area (Å²) in [5, 5.41) is 21.1. The highest BCUT2D eigenvalue weighted by atomic mass is 16.3. The Balaban J connectivity index is 2.00. The number of carbonyl (C=O) groups is 1. The lowest BCUT2D eigenvalue weighted by molar-refractivity contribution is 0.0824. The molecule has 0 spiro atoms. The molecule has 0 radical (unpaired) electrons. The number of amides is 1. The minimum absolute atomic E-state index is 0.00685. The van der Waals surface area contributed by atoms with Crippen molar-refractivity contribution in [1.29, 1.82) is 0 Å². The molecule has 1 aromatic heterocycles. The molecule has 0 aliphatic heterocycles. The molecule has 1 saturated carbocycles. The van der Waals surface area contributed by atoms with Crippen molar-refractivity contribution in [2.24, 2.45) is 5.92 Å². The van der Waals surface area contributed by atoms with E-state index < -0.39 is 11.1 Å². The Hall–Kier alpha value is -3.23. The van der Waals surface area contributed by atoms with Gasteiger partial charge in [0.1, 0.15) is 11.4 Å². The van der Waals surface area contributed by atoms with Crippen molar-refractivity contribution in [3.63, 3.8) is 0 Å². The summed E-state index contributed by atoms with van der Waals surface area (Å²) < 4.78 is 0. The molecule has 0 unspecified atom stereocenters. The first-order valence-electron chi connectivity index (χ1n) is 9.21. The van der Waals surface area contributed by atoms with Gasteiger partial charge in [-0.15, -0.1) is 0 Å². The van der Waals surface area contributed by atoms with Crippen molar-refractivity contribution in [3.05, 3.63) is 44.5 Å². The summed E-state index contributed by atoms with van der Waals surface area (Å²) in [6.07, 6.45) is 3.01. The second-order valence-corrected chi connectivity index (χ2v) is 7.34. The van der Waals surface area contributed by atoms with Crippen LogP contribution in [0.4, 0.5) is 17.1 Å². The van der Waals surface area contributed by atoms with E-state index in [9.17, 15) is 19.5 Å². The van der Waals surface area contributed by atoms with Gasteiger partial charge in [-0.1, -0.05) is 19.4 Å². The second kappa shape index (κ2) is 7.79. The zero-order chi connectivity index (χ0) is 20.4. The Kier molecular flexibility index (Phi) is 5.43. The van der Waals surface area contributed by atoms with Crippen LogP contribution in [-0.4, -0.2) is 46.2 Å². The van der Waals surface area contributed by atoms with Gasteiger partial charge in [0.2, 0.25) is 0 Å². The third-order valence-electron chi connectivity index (χ3n) is 5.12. The summed E-state index contributed by atoms with van der Waals surface area (Å²) in [7, 11) is 3.15. The second-order valence-electron chi connectivity index (χ2n) is 7.34. The highest BCUT2D eigenvalue weighted by Gasteiger charge is 2.26. The summed E-state index contributed by atoms with van der Waals surface area (Å²) in [5.41, 5.74) is -0.655. The first-order chi connectivity index (χ1) is 13.3. The van der Waals surface area contributed by atoms with Crippen LogP contribution >= 0.6 is 0 Å². The van der Waals surface area contributed by atoms with Crippen LogP contribution in [0.2, 0.25) is 0 Å². The zero-order valence-corrected chi connectivity index (χ0v) is 16.1. The van der Waals surface area contributed by atoms with E-state index in [-0.39, 0.29) is 40.3 Å². The van der Waals surface area contributed by atoms with Crippen molar-refractivity contribution in [1.82, 2.24) is 15.1 Å². The van der Waals surface area contributed by atoms with Gasteiger partial charge in [0.05, 0.1) is 11.3 Å². The molecule has 1 amide bonds. The van der Waals surface area contributed by atoms with Gasteiger partial charge < -0.3 is 20.6 Å². The van der Waals surface area contributed by atoms with Crippen LogP contribution in [0.5, 0.6) is 5.75 Å². The maximum Gasteiger partial charge on any atom is 0.288 e. The van der Waals surface area contributed by atoms with Gasteiger partial charge in [-0.3, -0.25) is 24.6 Å². The van der Waals surface area contributed by atoms with Crippen LogP contribution in [0.25, 0.3) is 0 Å². The van der Waals surface area contributed by atoms with E-state index in [4.69, 9.17) is 0 Å². The van der Waals surface area contributed by atoms with Crippen molar-refractivity contribution in [2.75, 3.05) is 24.7 Å². The fraction of sp³-hybridized carbons (Fsp3) is 0.421. The average Bonchev–Trinajstić information content (AvgIpc) is 3.06. The largest absolute Gasteiger partial charge is 0.505 e. The number of nitrogens with zero attached hydrogens (tertiary/aromatic N) is 1. The molecule has 0 bridgehead atoms. The van der Waals surface area contributed by atoms with Crippen molar-refractivity contribution >= 4 is 23.0 Å². The summed E-state index contributed by atoms with van der Waals surface area (Å²) >= 11 is 0. The lowest BCUT2D eigenvalue weighted by atomic mass is 10.1. The minimum Gasteiger partial charge on any atom is -0.505 e. The van der Waals surface area contributed by atoms with E-state index in [2.05, 4.69) is 27.8 Å². The topological polar surface area (TPSA) is 130 Å². The summed E-state index contributed by atoms with van der Waals surface area (Å²) in [6, 6.07) is 4.69. The number of aromatic nitrogens is 2. The number of carbonyl (C=O) groups excluding carboxylic acids is 1. The van der Waals surface area contributed by atoms with E-state index in [0.29, 0.717) is 5.92 Å². The highest BCUT2D eigenvalue weighted by Crippen LogP contribution is 2.33. The van der Waals surface area contributed by atoms with Crippen LogP contribution in [-0.2, 0) is 0 Å². The number of aromatic hydroxyl groups is 1. The predicted molar refractivity (Wildman–Crippen MR) is 108 cm³/mol. The molecule has 5 N–H and O–H groups in total.